The lowest BCUT2D eigenvalue weighted by Gasteiger charge is -2.16. The van der Waals surface area contributed by atoms with Crippen LogP contribution in [0.5, 0.6) is 0 Å². The number of rotatable bonds is 5. The van der Waals surface area contributed by atoms with Crippen molar-refractivity contribution in [3.63, 3.8) is 0 Å². The van der Waals surface area contributed by atoms with E-state index in [2.05, 4.69) is 15.0 Å². The van der Waals surface area contributed by atoms with E-state index in [0.717, 1.165) is 11.1 Å². The number of anilines is 1. The second-order valence-corrected chi connectivity index (χ2v) is 9.16. The van der Waals surface area contributed by atoms with Crippen molar-refractivity contribution >= 4 is 27.5 Å². The third-order valence-corrected chi connectivity index (χ3v) is 6.12. The molecule has 28 heavy (non-hydrogen) atoms. The Morgan fingerprint density at radius 3 is 2.50 bits per heavy atom. The highest BCUT2D eigenvalue weighted by atomic mass is 32.2. The number of benzene rings is 2. The number of sulfonamides is 1. The van der Waals surface area contributed by atoms with Gasteiger partial charge in [-0.1, -0.05) is 32.0 Å². The van der Waals surface area contributed by atoms with Crippen molar-refractivity contribution in [1.29, 1.82) is 0 Å². The van der Waals surface area contributed by atoms with Gasteiger partial charge in [-0.3, -0.25) is 14.5 Å². The summed E-state index contributed by atoms with van der Waals surface area (Å²) in [4.78, 5) is 17.6. The van der Waals surface area contributed by atoms with E-state index in [9.17, 15) is 13.2 Å². The third-order valence-electron chi connectivity index (χ3n) is 4.72. The number of amides is 1. The first kappa shape index (κ1) is 20.1. The van der Waals surface area contributed by atoms with Crippen LogP contribution in [0.3, 0.4) is 0 Å². The van der Waals surface area contributed by atoms with Gasteiger partial charge >= 0.3 is 0 Å². The third kappa shape index (κ3) is 4.25. The van der Waals surface area contributed by atoms with E-state index < -0.39 is 16.1 Å². The van der Waals surface area contributed by atoms with Gasteiger partial charge in [0.05, 0.1) is 4.90 Å². The monoisotopic (exact) mass is 399 g/mol. The summed E-state index contributed by atoms with van der Waals surface area (Å²) in [6, 6.07) is 11.7. The molecule has 0 aromatic heterocycles. The number of aryl methyl sites for hydroxylation is 2. The molecule has 0 spiro atoms. The molecule has 1 amide bonds. The summed E-state index contributed by atoms with van der Waals surface area (Å²) < 4.78 is 27.1. The van der Waals surface area contributed by atoms with E-state index in [-0.39, 0.29) is 22.6 Å². The van der Waals surface area contributed by atoms with Gasteiger partial charge in [0.2, 0.25) is 5.91 Å². The van der Waals surface area contributed by atoms with Crippen molar-refractivity contribution in [3.05, 3.63) is 59.2 Å². The van der Waals surface area contributed by atoms with Gasteiger partial charge in [0.25, 0.3) is 10.0 Å². The van der Waals surface area contributed by atoms with Crippen molar-refractivity contribution in [2.45, 2.75) is 45.1 Å². The van der Waals surface area contributed by atoms with E-state index in [1.165, 1.54) is 6.07 Å². The number of hydrogen-bond donors (Lipinski definition) is 2. The molecule has 0 saturated heterocycles. The molecule has 148 valence electrons. The van der Waals surface area contributed by atoms with Crippen LogP contribution in [-0.4, -0.2) is 26.2 Å². The van der Waals surface area contributed by atoms with Crippen LogP contribution in [0.15, 0.2) is 52.4 Å². The average molecular weight is 400 g/mol. The van der Waals surface area contributed by atoms with Crippen LogP contribution in [0, 0.1) is 19.8 Å². The maximum Gasteiger partial charge on any atom is 0.263 e. The first-order chi connectivity index (χ1) is 13.2. The standard InChI is InChI=1S/C21H25N3O3S/c1-13(2)11-18(21(25)22-16-10-9-14(3)15(4)12-16)23-20-17-7-5-6-8-19(17)28(26,27)24-20/h5-10,12-13,18H,11H2,1-4H3,(H,22,25)(H,23,24)/t18-/m1/s1. The van der Waals surface area contributed by atoms with Gasteiger partial charge in [0.15, 0.2) is 0 Å². The van der Waals surface area contributed by atoms with E-state index in [1.54, 1.807) is 18.2 Å². The lowest BCUT2D eigenvalue weighted by atomic mass is 10.0. The number of fused-ring (bicyclic) bond motifs is 1. The smallest absolute Gasteiger partial charge is 0.263 e. The number of hydrogen-bond acceptors (Lipinski definition) is 4. The second kappa shape index (κ2) is 7.75. The highest BCUT2D eigenvalue weighted by molar-refractivity contribution is 7.90. The Balaban J connectivity index is 1.91. The van der Waals surface area contributed by atoms with Crippen molar-refractivity contribution < 1.29 is 13.2 Å². The molecule has 2 aromatic rings. The normalized spacial score (nSPS) is 17.2. The molecule has 2 aromatic carbocycles. The van der Waals surface area contributed by atoms with E-state index in [4.69, 9.17) is 0 Å². The van der Waals surface area contributed by atoms with Crippen LogP contribution in [0.4, 0.5) is 5.69 Å². The predicted molar refractivity (Wildman–Crippen MR) is 111 cm³/mol. The fourth-order valence-corrected chi connectivity index (χ4v) is 4.33. The molecule has 3 rings (SSSR count). The van der Waals surface area contributed by atoms with Crippen molar-refractivity contribution in [2.24, 2.45) is 10.9 Å². The minimum Gasteiger partial charge on any atom is -0.324 e. The molecule has 0 aliphatic carbocycles. The fraction of sp³-hybridized carbons (Fsp3) is 0.333. The minimum absolute atomic E-state index is 0.187. The Hall–Kier alpha value is -2.67. The Bertz CT molecular complexity index is 1040. The molecule has 0 saturated carbocycles. The fourth-order valence-electron chi connectivity index (χ4n) is 3.10. The maximum absolute atomic E-state index is 12.9. The van der Waals surface area contributed by atoms with E-state index in [1.807, 2.05) is 45.9 Å². The molecular weight excluding hydrogens is 374 g/mol. The van der Waals surface area contributed by atoms with Crippen LogP contribution >= 0.6 is 0 Å². The first-order valence-corrected chi connectivity index (χ1v) is 10.7. The quantitative estimate of drug-likeness (QED) is 0.808. The lowest BCUT2D eigenvalue weighted by Crippen LogP contribution is -2.31. The van der Waals surface area contributed by atoms with E-state index in [0.29, 0.717) is 17.7 Å². The summed E-state index contributed by atoms with van der Waals surface area (Å²) in [5.74, 6) is 0.178. The van der Waals surface area contributed by atoms with Gasteiger partial charge in [-0.15, -0.1) is 0 Å². The molecule has 1 heterocycles. The molecule has 0 radical (unpaired) electrons. The molecule has 1 aliphatic heterocycles. The molecule has 0 fully saturated rings. The number of nitrogens with one attached hydrogen (secondary N) is 2. The number of amidine groups is 1. The van der Waals surface area contributed by atoms with Crippen LogP contribution in [-0.2, 0) is 14.8 Å². The molecule has 7 heteroatoms. The Morgan fingerprint density at radius 2 is 1.82 bits per heavy atom. The van der Waals surface area contributed by atoms with Gasteiger partial charge in [0, 0.05) is 11.3 Å². The Morgan fingerprint density at radius 1 is 1.11 bits per heavy atom. The number of carbonyl (C=O) groups excluding carboxylic acids is 1. The SMILES string of the molecule is Cc1ccc(NC(=O)[C@@H](CC(C)C)N=C2NS(=O)(=O)c3ccccc32)cc1C. The summed E-state index contributed by atoms with van der Waals surface area (Å²) in [5.41, 5.74) is 3.43. The van der Waals surface area contributed by atoms with Gasteiger partial charge in [-0.05, 0) is 61.6 Å². The Kier molecular flexibility index (Phi) is 5.56. The summed E-state index contributed by atoms with van der Waals surface area (Å²) >= 11 is 0. The first-order valence-electron chi connectivity index (χ1n) is 9.25. The van der Waals surface area contributed by atoms with Crippen molar-refractivity contribution in [1.82, 2.24) is 4.72 Å². The van der Waals surface area contributed by atoms with Gasteiger partial charge < -0.3 is 5.32 Å². The molecule has 2 N–H and O–H groups in total. The van der Waals surface area contributed by atoms with Crippen molar-refractivity contribution in [2.75, 3.05) is 5.32 Å². The summed E-state index contributed by atoms with van der Waals surface area (Å²) in [7, 11) is -3.64. The Labute approximate surface area is 166 Å². The molecule has 1 aliphatic rings. The molecule has 0 bridgehead atoms. The van der Waals surface area contributed by atoms with Crippen LogP contribution in [0.25, 0.3) is 0 Å². The van der Waals surface area contributed by atoms with Crippen molar-refractivity contribution in [3.8, 4) is 0 Å². The van der Waals surface area contributed by atoms with Crippen LogP contribution in [0.2, 0.25) is 0 Å². The van der Waals surface area contributed by atoms with Crippen LogP contribution in [0.1, 0.15) is 37.0 Å². The number of aliphatic imine (C=N–C) groups is 1. The molecule has 6 nitrogen and oxygen atoms in total. The highest BCUT2D eigenvalue weighted by Gasteiger charge is 2.32. The molecule has 1 atom stereocenters. The van der Waals surface area contributed by atoms with Gasteiger partial charge in [-0.25, -0.2) is 8.42 Å². The topological polar surface area (TPSA) is 87.6 Å². The highest BCUT2D eigenvalue weighted by Crippen LogP contribution is 2.24. The lowest BCUT2D eigenvalue weighted by molar-refractivity contribution is -0.117. The predicted octanol–water partition coefficient (Wildman–Crippen LogP) is 3.40. The second-order valence-electron chi connectivity index (χ2n) is 7.51. The number of carbonyl (C=O) groups is 1. The minimum atomic E-state index is -3.64. The zero-order valence-electron chi connectivity index (χ0n) is 16.5. The number of nitrogens with zero attached hydrogens (tertiary/aromatic N) is 1. The average Bonchev–Trinajstić information content (AvgIpc) is 2.88. The van der Waals surface area contributed by atoms with Gasteiger partial charge in [-0.2, -0.15) is 0 Å². The van der Waals surface area contributed by atoms with E-state index >= 15 is 0 Å². The molecule has 0 unspecified atom stereocenters. The summed E-state index contributed by atoms with van der Waals surface area (Å²) in [6.07, 6.45) is 0.504. The van der Waals surface area contributed by atoms with Crippen LogP contribution < -0.4 is 10.0 Å². The summed E-state index contributed by atoms with van der Waals surface area (Å²) in [6.45, 7) is 8.01. The maximum atomic E-state index is 12.9. The summed E-state index contributed by atoms with van der Waals surface area (Å²) in [5, 5.41) is 2.91. The van der Waals surface area contributed by atoms with Gasteiger partial charge in [0.1, 0.15) is 11.9 Å². The zero-order valence-corrected chi connectivity index (χ0v) is 17.3. The zero-order chi connectivity index (χ0) is 20.5. The molecular formula is C21H25N3O3S. The largest absolute Gasteiger partial charge is 0.324 e.